The Kier molecular flexibility index (Phi) is 10.1. The number of aryl methyl sites for hydroxylation is 1. The first-order valence-electron chi connectivity index (χ1n) is 11.6. The molecule has 11 nitrogen and oxygen atoms in total. The minimum absolute atomic E-state index is 0.0954. The lowest BCUT2D eigenvalue weighted by Gasteiger charge is -2.16. The molecule has 36 heavy (non-hydrogen) atoms. The number of aromatic nitrogens is 5. The molecule has 1 atom stereocenters. The van der Waals surface area contributed by atoms with E-state index in [9.17, 15) is 14.0 Å². The average molecular weight is 502 g/mol. The highest BCUT2D eigenvalue weighted by Crippen LogP contribution is 2.15. The van der Waals surface area contributed by atoms with Gasteiger partial charge in [0.05, 0.1) is 38.1 Å². The Morgan fingerprint density at radius 2 is 2.03 bits per heavy atom. The molecule has 0 saturated carbocycles. The fourth-order valence-electron chi connectivity index (χ4n) is 3.47. The number of methoxy groups -OCH3 is 1. The number of nitrogens with zero attached hydrogens (tertiary/aromatic N) is 6. The predicted octanol–water partition coefficient (Wildman–Crippen LogP) is 1.32. The summed E-state index contributed by atoms with van der Waals surface area (Å²) >= 11 is 0. The maximum absolute atomic E-state index is 13.9. The van der Waals surface area contributed by atoms with Crippen LogP contribution in [0.25, 0.3) is 0 Å². The fourth-order valence-corrected chi connectivity index (χ4v) is 3.47. The molecule has 1 N–H and O–H groups in total. The standard InChI is InChI=1S/C24H32FN7O4/c1-30(2)22-14-19(9-11-36-13-12-35-3)28-32(22)10-8-20(16-33)27-24(34)23-26-17-31(29-23)15-18-6-4-5-7-21(18)25/h4-7,14,16-17,20H,8-13,15H2,1-3H3,(H,27,34). The van der Waals surface area contributed by atoms with Crippen LogP contribution in [0.3, 0.4) is 0 Å². The number of ether oxygens (including phenoxy) is 2. The number of amides is 1. The molecule has 3 aromatic rings. The summed E-state index contributed by atoms with van der Waals surface area (Å²) in [4.78, 5) is 30.2. The zero-order valence-corrected chi connectivity index (χ0v) is 20.8. The Morgan fingerprint density at radius 3 is 2.75 bits per heavy atom. The van der Waals surface area contributed by atoms with Crippen molar-refractivity contribution in [2.45, 2.75) is 32.0 Å². The molecule has 1 amide bonds. The molecule has 0 radical (unpaired) electrons. The summed E-state index contributed by atoms with van der Waals surface area (Å²) in [6, 6.07) is 7.53. The first-order chi connectivity index (χ1) is 17.4. The van der Waals surface area contributed by atoms with E-state index >= 15 is 0 Å². The van der Waals surface area contributed by atoms with Gasteiger partial charge in [0, 0.05) is 45.8 Å². The van der Waals surface area contributed by atoms with Crippen LogP contribution in [0.4, 0.5) is 10.2 Å². The number of carbonyl (C=O) groups excluding carboxylic acids is 2. The summed E-state index contributed by atoms with van der Waals surface area (Å²) in [5.74, 6) is -0.160. The van der Waals surface area contributed by atoms with Crippen LogP contribution in [-0.2, 0) is 33.8 Å². The van der Waals surface area contributed by atoms with E-state index < -0.39 is 11.9 Å². The Hall–Kier alpha value is -3.64. The van der Waals surface area contributed by atoms with Crippen LogP contribution in [0, 0.1) is 5.82 Å². The normalized spacial score (nSPS) is 11.9. The van der Waals surface area contributed by atoms with E-state index in [1.54, 1.807) is 30.0 Å². The Labute approximate surface area is 209 Å². The van der Waals surface area contributed by atoms with Gasteiger partial charge in [-0.2, -0.15) is 5.10 Å². The lowest BCUT2D eigenvalue weighted by molar-refractivity contribution is -0.109. The predicted molar refractivity (Wildman–Crippen MR) is 130 cm³/mol. The van der Waals surface area contributed by atoms with Crippen LogP contribution < -0.4 is 10.2 Å². The molecule has 0 saturated heterocycles. The average Bonchev–Trinajstić information content (AvgIpc) is 3.50. The summed E-state index contributed by atoms with van der Waals surface area (Å²) in [6.45, 7) is 2.14. The van der Waals surface area contributed by atoms with Gasteiger partial charge in [-0.3, -0.25) is 4.79 Å². The third-order valence-corrected chi connectivity index (χ3v) is 5.36. The summed E-state index contributed by atoms with van der Waals surface area (Å²) < 4.78 is 27.5. The van der Waals surface area contributed by atoms with E-state index in [1.807, 2.05) is 25.1 Å². The van der Waals surface area contributed by atoms with Crippen molar-refractivity contribution >= 4 is 18.0 Å². The molecular weight excluding hydrogens is 469 g/mol. The topological polar surface area (TPSA) is 116 Å². The molecule has 0 aliphatic rings. The van der Waals surface area contributed by atoms with E-state index in [4.69, 9.17) is 9.47 Å². The number of aldehydes is 1. The van der Waals surface area contributed by atoms with E-state index in [0.717, 1.165) is 11.5 Å². The van der Waals surface area contributed by atoms with Crippen LogP contribution >= 0.6 is 0 Å². The smallest absolute Gasteiger partial charge is 0.291 e. The summed E-state index contributed by atoms with van der Waals surface area (Å²) in [6.07, 6.45) is 3.01. The number of halogens is 1. The van der Waals surface area contributed by atoms with Crippen molar-refractivity contribution in [1.29, 1.82) is 0 Å². The van der Waals surface area contributed by atoms with Crippen molar-refractivity contribution in [1.82, 2.24) is 29.9 Å². The third kappa shape index (κ3) is 7.68. The van der Waals surface area contributed by atoms with E-state index in [2.05, 4.69) is 20.5 Å². The summed E-state index contributed by atoms with van der Waals surface area (Å²) in [5, 5.41) is 11.4. The van der Waals surface area contributed by atoms with Gasteiger partial charge in [0.2, 0.25) is 5.82 Å². The van der Waals surface area contributed by atoms with Crippen LogP contribution in [0.1, 0.15) is 28.3 Å². The van der Waals surface area contributed by atoms with Gasteiger partial charge in [-0.1, -0.05) is 18.2 Å². The zero-order chi connectivity index (χ0) is 25.9. The Morgan fingerprint density at radius 1 is 1.22 bits per heavy atom. The van der Waals surface area contributed by atoms with Gasteiger partial charge < -0.3 is 24.5 Å². The molecule has 0 aliphatic heterocycles. The third-order valence-electron chi connectivity index (χ3n) is 5.36. The fraction of sp³-hybridized carbons (Fsp3) is 0.458. The van der Waals surface area contributed by atoms with Gasteiger partial charge in [0.25, 0.3) is 5.91 Å². The van der Waals surface area contributed by atoms with Gasteiger partial charge in [-0.15, -0.1) is 5.10 Å². The van der Waals surface area contributed by atoms with Crippen molar-refractivity contribution in [2.75, 3.05) is 45.9 Å². The Balaban J connectivity index is 1.55. The molecule has 2 aromatic heterocycles. The highest BCUT2D eigenvalue weighted by Gasteiger charge is 2.18. The number of carbonyl (C=O) groups is 2. The van der Waals surface area contributed by atoms with Gasteiger partial charge in [0.15, 0.2) is 0 Å². The van der Waals surface area contributed by atoms with Gasteiger partial charge >= 0.3 is 0 Å². The number of benzene rings is 1. The van der Waals surface area contributed by atoms with Gasteiger partial charge in [0.1, 0.15) is 24.2 Å². The molecule has 0 aliphatic carbocycles. The SMILES string of the molecule is COCCOCCc1cc(N(C)C)n(CCC(C=O)NC(=O)c2ncn(Cc3ccccc3F)n2)n1. The molecular formula is C24H32FN7O4. The second kappa shape index (κ2) is 13.4. The second-order valence-corrected chi connectivity index (χ2v) is 8.33. The highest BCUT2D eigenvalue weighted by molar-refractivity contribution is 5.92. The van der Waals surface area contributed by atoms with Crippen LogP contribution in [0.5, 0.6) is 0 Å². The molecule has 0 bridgehead atoms. The molecule has 3 rings (SSSR count). The van der Waals surface area contributed by atoms with Crippen molar-refractivity contribution in [3.05, 3.63) is 59.6 Å². The van der Waals surface area contributed by atoms with Crippen LogP contribution in [-0.4, -0.2) is 83.8 Å². The number of hydrogen-bond donors (Lipinski definition) is 1. The quantitative estimate of drug-likeness (QED) is 0.245. The first-order valence-corrected chi connectivity index (χ1v) is 11.6. The summed E-state index contributed by atoms with van der Waals surface area (Å²) in [5.41, 5.74) is 1.30. The summed E-state index contributed by atoms with van der Waals surface area (Å²) in [7, 11) is 5.45. The van der Waals surface area contributed by atoms with Crippen LogP contribution in [0.2, 0.25) is 0 Å². The minimum atomic E-state index is -0.754. The number of rotatable bonds is 15. The van der Waals surface area contributed by atoms with E-state index in [-0.39, 0.29) is 18.2 Å². The van der Waals surface area contributed by atoms with E-state index in [1.165, 1.54) is 17.1 Å². The minimum Gasteiger partial charge on any atom is -0.382 e. The molecule has 1 aromatic carbocycles. The lowest BCUT2D eigenvalue weighted by Crippen LogP contribution is -2.37. The van der Waals surface area contributed by atoms with Crippen molar-refractivity contribution in [3.63, 3.8) is 0 Å². The molecule has 1 unspecified atom stereocenters. The maximum atomic E-state index is 13.9. The van der Waals surface area contributed by atoms with Gasteiger partial charge in [-0.05, 0) is 12.5 Å². The first kappa shape index (κ1) is 27.0. The molecule has 194 valence electrons. The highest BCUT2D eigenvalue weighted by atomic mass is 19.1. The monoisotopic (exact) mass is 501 g/mol. The van der Waals surface area contributed by atoms with Crippen molar-refractivity contribution in [2.24, 2.45) is 0 Å². The number of anilines is 1. The number of nitrogens with one attached hydrogen (secondary N) is 1. The second-order valence-electron chi connectivity index (χ2n) is 8.33. The Bertz CT molecular complexity index is 1130. The molecule has 2 heterocycles. The maximum Gasteiger partial charge on any atom is 0.291 e. The molecule has 0 fully saturated rings. The number of hydrogen-bond acceptors (Lipinski definition) is 8. The molecule has 0 spiro atoms. The van der Waals surface area contributed by atoms with Gasteiger partial charge in [-0.25, -0.2) is 18.7 Å². The van der Waals surface area contributed by atoms with Crippen molar-refractivity contribution < 1.29 is 23.5 Å². The van der Waals surface area contributed by atoms with Crippen LogP contribution in [0.15, 0.2) is 36.7 Å². The van der Waals surface area contributed by atoms with Crippen molar-refractivity contribution in [3.8, 4) is 0 Å². The lowest BCUT2D eigenvalue weighted by atomic mass is 10.2. The molecule has 12 heteroatoms. The zero-order valence-electron chi connectivity index (χ0n) is 20.8. The van der Waals surface area contributed by atoms with E-state index in [0.29, 0.717) is 51.1 Å². The largest absolute Gasteiger partial charge is 0.382 e.